The first-order valence-electron chi connectivity index (χ1n) is 5.22. The molecule has 0 aliphatic heterocycles. The van der Waals surface area contributed by atoms with Crippen molar-refractivity contribution in [1.82, 2.24) is 0 Å². The molecule has 0 aliphatic rings. The zero-order valence-electron chi connectivity index (χ0n) is 10.7. The zero-order valence-corrected chi connectivity index (χ0v) is 10.7. The third-order valence-electron chi connectivity index (χ3n) is 2.63. The molecule has 0 saturated heterocycles. The fourth-order valence-corrected chi connectivity index (χ4v) is 1.28. The highest BCUT2D eigenvalue weighted by Crippen LogP contribution is 2.59. The second kappa shape index (κ2) is 5.34. The SMILES string of the molecule is CCOC(F)(C(C)(F)C(F)(F)F)C(F)(F)C(F)(F)C(F)(F)F. The Morgan fingerprint density at radius 1 is 0.636 bits per heavy atom. The van der Waals surface area contributed by atoms with Gasteiger partial charge in [-0.2, -0.15) is 43.9 Å². The minimum absolute atomic E-state index is 0.489. The minimum atomic E-state index is -7.33. The van der Waals surface area contributed by atoms with Crippen molar-refractivity contribution in [3.05, 3.63) is 0 Å². The fourth-order valence-electron chi connectivity index (χ4n) is 1.28. The van der Waals surface area contributed by atoms with Crippen molar-refractivity contribution in [2.24, 2.45) is 0 Å². The van der Waals surface area contributed by atoms with Crippen molar-refractivity contribution >= 4 is 0 Å². The molecule has 22 heavy (non-hydrogen) atoms. The molecule has 0 N–H and O–H groups in total. The van der Waals surface area contributed by atoms with Crippen molar-refractivity contribution in [3.8, 4) is 0 Å². The van der Waals surface area contributed by atoms with Gasteiger partial charge in [-0.15, -0.1) is 0 Å². The van der Waals surface area contributed by atoms with Gasteiger partial charge in [0, 0.05) is 6.61 Å². The molecule has 2 atom stereocenters. The van der Waals surface area contributed by atoms with Gasteiger partial charge in [-0.3, -0.25) is 0 Å². The first-order valence-corrected chi connectivity index (χ1v) is 5.22. The van der Waals surface area contributed by atoms with E-state index in [1.807, 2.05) is 0 Å². The van der Waals surface area contributed by atoms with E-state index in [1.54, 1.807) is 0 Å². The Labute approximate surface area is 115 Å². The van der Waals surface area contributed by atoms with E-state index in [0.717, 1.165) is 0 Å². The number of hydrogen-bond acceptors (Lipinski definition) is 1. The van der Waals surface area contributed by atoms with E-state index in [-0.39, 0.29) is 0 Å². The highest BCUT2D eigenvalue weighted by Gasteiger charge is 2.88. The van der Waals surface area contributed by atoms with E-state index in [4.69, 9.17) is 0 Å². The monoisotopic (exact) mass is 360 g/mol. The summed E-state index contributed by atoms with van der Waals surface area (Å²) in [6.07, 6.45) is -13.7. The Bertz CT molecular complexity index is 394. The Morgan fingerprint density at radius 2 is 1.00 bits per heavy atom. The van der Waals surface area contributed by atoms with Crippen LogP contribution in [0.3, 0.4) is 0 Å². The molecule has 1 nitrogen and oxygen atoms in total. The summed E-state index contributed by atoms with van der Waals surface area (Å²) < 4.78 is 155. The summed E-state index contributed by atoms with van der Waals surface area (Å²) in [5.41, 5.74) is -5.87. The van der Waals surface area contributed by atoms with Crippen molar-refractivity contribution in [3.63, 3.8) is 0 Å². The molecule has 13 heteroatoms. The van der Waals surface area contributed by atoms with E-state index in [1.165, 1.54) is 0 Å². The molecule has 0 heterocycles. The molecule has 0 spiro atoms. The zero-order chi connectivity index (χ0) is 18.4. The number of halogens is 12. The predicted molar refractivity (Wildman–Crippen MR) is 47.0 cm³/mol. The smallest absolute Gasteiger partial charge is 0.339 e. The molecular formula is C9H8F12O. The van der Waals surface area contributed by atoms with E-state index in [2.05, 4.69) is 4.74 Å². The molecule has 0 bridgehead atoms. The Hall–Kier alpha value is -0.880. The maximum atomic E-state index is 13.8. The summed E-state index contributed by atoms with van der Waals surface area (Å²) in [6, 6.07) is 0. The van der Waals surface area contributed by atoms with Crippen LogP contribution in [0.15, 0.2) is 0 Å². The number of alkyl halides is 12. The average molecular weight is 360 g/mol. The second-order valence-electron chi connectivity index (χ2n) is 4.18. The van der Waals surface area contributed by atoms with Gasteiger partial charge < -0.3 is 4.74 Å². The van der Waals surface area contributed by atoms with Gasteiger partial charge in [0.25, 0.3) is 5.67 Å². The maximum absolute atomic E-state index is 13.8. The summed E-state index contributed by atoms with van der Waals surface area (Å²) in [5, 5.41) is 0. The summed E-state index contributed by atoms with van der Waals surface area (Å²) >= 11 is 0. The molecule has 0 fully saturated rings. The Morgan fingerprint density at radius 3 is 1.23 bits per heavy atom. The molecule has 0 aromatic heterocycles. The summed E-state index contributed by atoms with van der Waals surface area (Å²) in [7, 11) is 0. The topological polar surface area (TPSA) is 9.23 Å². The van der Waals surface area contributed by atoms with Crippen LogP contribution in [0.2, 0.25) is 0 Å². The predicted octanol–water partition coefficient (Wildman–Crippen LogP) is 4.81. The molecule has 0 aromatic rings. The molecule has 0 aliphatic carbocycles. The van der Waals surface area contributed by atoms with Crippen LogP contribution in [-0.2, 0) is 4.74 Å². The molecule has 0 aromatic carbocycles. The van der Waals surface area contributed by atoms with Crippen LogP contribution in [0.25, 0.3) is 0 Å². The van der Waals surface area contributed by atoms with Crippen LogP contribution >= 0.6 is 0 Å². The lowest BCUT2D eigenvalue weighted by Gasteiger charge is -2.44. The third kappa shape index (κ3) is 2.71. The quantitative estimate of drug-likeness (QED) is 0.640. The summed E-state index contributed by atoms with van der Waals surface area (Å²) in [6.45, 7) is -2.03. The lowest BCUT2D eigenvalue weighted by molar-refractivity contribution is -0.452. The van der Waals surface area contributed by atoms with Gasteiger partial charge >= 0.3 is 30.1 Å². The molecule has 0 rings (SSSR count). The van der Waals surface area contributed by atoms with Gasteiger partial charge in [-0.1, -0.05) is 0 Å². The minimum Gasteiger partial charge on any atom is -0.339 e. The van der Waals surface area contributed by atoms with Gasteiger partial charge in [0.05, 0.1) is 0 Å². The van der Waals surface area contributed by atoms with Gasteiger partial charge in [-0.05, 0) is 13.8 Å². The molecule has 0 saturated carbocycles. The second-order valence-corrected chi connectivity index (χ2v) is 4.18. The number of ether oxygens (including phenoxy) is 1. The van der Waals surface area contributed by atoms with E-state index in [0.29, 0.717) is 6.92 Å². The summed E-state index contributed by atoms with van der Waals surface area (Å²) in [5.74, 6) is -20.9. The first kappa shape index (κ1) is 21.1. The van der Waals surface area contributed by atoms with Gasteiger partial charge in [0.15, 0.2) is 0 Å². The van der Waals surface area contributed by atoms with Crippen molar-refractivity contribution < 1.29 is 57.4 Å². The van der Waals surface area contributed by atoms with Gasteiger partial charge in [0.2, 0.25) is 0 Å². The van der Waals surface area contributed by atoms with Crippen LogP contribution < -0.4 is 0 Å². The number of hydrogen-bond donors (Lipinski definition) is 0. The van der Waals surface area contributed by atoms with Crippen LogP contribution in [0.4, 0.5) is 52.7 Å². The fraction of sp³-hybridized carbons (Fsp3) is 1.00. The lowest BCUT2D eigenvalue weighted by Crippen LogP contribution is -2.72. The van der Waals surface area contributed by atoms with Crippen molar-refractivity contribution in [1.29, 1.82) is 0 Å². The van der Waals surface area contributed by atoms with Crippen molar-refractivity contribution in [2.75, 3.05) is 6.61 Å². The first-order chi connectivity index (χ1) is 9.31. The lowest BCUT2D eigenvalue weighted by atomic mass is 9.88. The number of rotatable bonds is 5. The van der Waals surface area contributed by atoms with E-state index in [9.17, 15) is 52.7 Å². The molecule has 0 radical (unpaired) electrons. The maximum Gasteiger partial charge on any atom is 0.460 e. The van der Waals surface area contributed by atoms with Gasteiger partial charge in [0.1, 0.15) is 0 Å². The van der Waals surface area contributed by atoms with Crippen molar-refractivity contribution in [2.45, 2.75) is 49.6 Å². The molecular weight excluding hydrogens is 352 g/mol. The van der Waals surface area contributed by atoms with Crippen LogP contribution in [0, 0.1) is 0 Å². The molecule has 2 unspecified atom stereocenters. The highest BCUT2D eigenvalue weighted by molar-refractivity contribution is 5.11. The third-order valence-corrected chi connectivity index (χ3v) is 2.63. The van der Waals surface area contributed by atoms with Crippen LogP contribution in [-0.4, -0.2) is 42.3 Å². The molecule has 134 valence electrons. The van der Waals surface area contributed by atoms with E-state index < -0.39 is 49.3 Å². The largest absolute Gasteiger partial charge is 0.460 e. The molecule has 0 amide bonds. The van der Waals surface area contributed by atoms with Crippen LogP contribution in [0.5, 0.6) is 0 Å². The normalized spacial score (nSPS) is 20.5. The standard InChI is InChI=1S/C9H8F12O/c1-3-22-7(15,4(2,10)8(16,17)18)5(11,12)6(13,14)9(19,20)21/h3H2,1-2H3. The van der Waals surface area contributed by atoms with Crippen LogP contribution in [0.1, 0.15) is 13.8 Å². The highest BCUT2D eigenvalue weighted by atomic mass is 19.4. The summed E-state index contributed by atoms with van der Waals surface area (Å²) in [4.78, 5) is 0. The Balaban J connectivity index is 6.39. The average Bonchev–Trinajstić information content (AvgIpc) is 2.25. The van der Waals surface area contributed by atoms with Gasteiger partial charge in [-0.25, -0.2) is 8.78 Å². The van der Waals surface area contributed by atoms with E-state index >= 15 is 0 Å². The Kier molecular flexibility index (Phi) is 5.12.